The number of rotatable bonds is 14. The van der Waals surface area contributed by atoms with Crippen molar-refractivity contribution in [3.05, 3.63) is 34.4 Å². The van der Waals surface area contributed by atoms with Crippen LogP contribution in [0, 0.1) is 46.8 Å². The number of fused-ring (bicyclic) bond motifs is 2. The Hall–Kier alpha value is -2.00. The normalized spacial score (nSPS) is 32.9. The van der Waals surface area contributed by atoms with Crippen molar-refractivity contribution in [3.8, 4) is 0 Å². The van der Waals surface area contributed by atoms with E-state index >= 15 is 0 Å². The summed E-state index contributed by atoms with van der Waals surface area (Å²) in [7, 11) is 6.40. The molecule has 8 nitrogen and oxygen atoms in total. The second-order valence-electron chi connectivity index (χ2n) is 17.7. The van der Waals surface area contributed by atoms with Crippen LogP contribution in [0.15, 0.2) is 12.1 Å². The first-order valence-corrected chi connectivity index (χ1v) is 21.1. The predicted molar refractivity (Wildman–Crippen MR) is 208 cm³/mol. The van der Waals surface area contributed by atoms with E-state index in [2.05, 4.69) is 34.6 Å². The fraction of sp³-hybridized carbons (Fsp3) is 0.822. The second kappa shape index (κ2) is 19.2. The van der Waals surface area contributed by atoms with E-state index in [0.29, 0.717) is 47.7 Å². The Morgan fingerprint density at radius 3 is 1.91 bits per heavy atom. The molecule has 0 aromatic heterocycles. The molecule has 2 heterocycles. The molecular formula is C45H72O8. The lowest BCUT2D eigenvalue weighted by molar-refractivity contribution is -0.0879. The molecule has 0 amide bonds. The molecule has 0 spiro atoms. The number of hydrogen-bond donors (Lipinski definition) is 0. The lowest BCUT2D eigenvalue weighted by Crippen LogP contribution is -2.47. The molecule has 5 rings (SSSR count). The monoisotopic (exact) mass is 741 g/mol. The molecule has 4 fully saturated rings. The lowest BCUT2D eigenvalue weighted by Gasteiger charge is -2.50. The molecule has 8 heteroatoms. The van der Waals surface area contributed by atoms with Gasteiger partial charge >= 0.3 is 11.9 Å². The Kier molecular flexibility index (Phi) is 15.3. The van der Waals surface area contributed by atoms with Gasteiger partial charge in [0, 0.05) is 14.2 Å². The summed E-state index contributed by atoms with van der Waals surface area (Å²) in [6, 6.07) is 3.76. The number of carbonyl (C=O) groups is 2. The minimum absolute atomic E-state index is 0.0430. The topological polar surface area (TPSA) is 89.5 Å². The molecule has 53 heavy (non-hydrogen) atoms. The number of methoxy groups -OCH3 is 4. The molecule has 11 unspecified atom stereocenters. The number of hydrogen-bond acceptors (Lipinski definition) is 8. The van der Waals surface area contributed by atoms with Crippen LogP contribution in [0.1, 0.15) is 144 Å². The predicted octanol–water partition coefficient (Wildman–Crippen LogP) is 9.28. The highest BCUT2D eigenvalue weighted by Gasteiger charge is 2.49. The molecule has 2 saturated heterocycles. The van der Waals surface area contributed by atoms with Crippen LogP contribution >= 0.6 is 0 Å². The minimum Gasteiger partial charge on any atom is -0.465 e. The molecule has 0 radical (unpaired) electrons. The summed E-state index contributed by atoms with van der Waals surface area (Å²) in [5, 5.41) is 0. The highest BCUT2D eigenvalue weighted by molar-refractivity contribution is 6.03. The maximum atomic E-state index is 13.1. The minimum atomic E-state index is -0.534. The molecule has 0 bridgehead atoms. The van der Waals surface area contributed by atoms with E-state index < -0.39 is 11.9 Å². The van der Waals surface area contributed by atoms with Gasteiger partial charge in [-0.25, -0.2) is 9.59 Å². The summed E-state index contributed by atoms with van der Waals surface area (Å²) in [5.41, 5.74) is 2.74. The van der Waals surface area contributed by atoms with Gasteiger partial charge in [0.2, 0.25) is 0 Å². The maximum absolute atomic E-state index is 13.1. The first kappa shape index (κ1) is 42.1. The van der Waals surface area contributed by atoms with E-state index in [-0.39, 0.29) is 28.7 Å². The fourth-order valence-corrected chi connectivity index (χ4v) is 11.5. The largest absolute Gasteiger partial charge is 0.465 e. The third kappa shape index (κ3) is 9.70. The van der Waals surface area contributed by atoms with E-state index in [1.165, 1.54) is 65.6 Å². The van der Waals surface area contributed by atoms with E-state index in [4.69, 9.17) is 28.4 Å². The van der Waals surface area contributed by atoms with Crippen molar-refractivity contribution in [2.75, 3.05) is 41.7 Å². The number of ether oxygens (including phenoxy) is 6. The molecule has 2 aliphatic heterocycles. The molecule has 300 valence electrons. The van der Waals surface area contributed by atoms with Crippen LogP contribution in [0.3, 0.4) is 0 Å². The molecule has 1 aromatic carbocycles. The average Bonchev–Trinajstić information content (AvgIpc) is 3.46. The summed E-state index contributed by atoms with van der Waals surface area (Å²) in [5.74, 6) is 2.70. The SMILES string of the molecule is COC(=O)c1cc(CCC(OC)C(C)C2CCCC3CCC(C)OCC32)c(CCC(OC)C(C)C2CCCC3CCC(C)OC[C@@]32C)cc1C(=O)OC. The molecule has 1 aromatic rings. The van der Waals surface area contributed by atoms with Gasteiger partial charge in [-0.3, -0.25) is 0 Å². The molecule has 0 N–H and O–H groups in total. The zero-order chi connectivity index (χ0) is 38.3. The van der Waals surface area contributed by atoms with Crippen LogP contribution < -0.4 is 0 Å². The van der Waals surface area contributed by atoms with E-state index in [1.54, 1.807) is 0 Å². The maximum Gasteiger partial charge on any atom is 0.338 e. The second-order valence-corrected chi connectivity index (χ2v) is 17.7. The van der Waals surface area contributed by atoms with Crippen molar-refractivity contribution in [3.63, 3.8) is 0 Å². The third-order valence-electron chi connectivity index (χ3n) is 14.9. The Labute approximate surface area is 321 Å². The smallest absolute Gasteiger partial charge is 0.338 e. The summed E-state index contributed by atoms with van der Waals surface area (Å²) < 4.78 is 35.7. The van der Waals surface area contributed by atoms with Crippen molar-refractivity contribution < 1.29 is 38.0 Å². The summed E-state index contributed by atoms with van der Waals surface area (Å²) >= 11 is 0. The van der Waals surface area contributed by atoms with Crippen LogP contribution in [0.4, 0.5) is 0 Å². The van der Waals surface area contributed by atoms with Crippen LogP contribution in [-0.4, -0.2) is 78.0 Å². The van der Waals surface area contributed by atoms with Crippen LogP contribution in [0.2, 0.25) is 0 Å². The van der Waals surface area contributed by atoms with Crippen molar-refractivity contribution in [1.82, 2.24) is 0 Å². The summed E-state index contributed by atoms with van der Waals surface area (Å²) in [6.45, 7) is 13.3. The van der Waals surface area contributed by atoms with Crippen molar-refractivity contribution in [2.24, 2.45) is 46.8 Å². The number of esters is 2. The molecule has 2 saturated carbocycles. The Bertz CT molecular complexity index is 1350. The Morgan fingerprint density at radius 1 is 0.736 bits per heavy atom. The Morgan fingerprint density at radius 2 is 1.30 bits per heavy atom. The highest BCUT2D eigenvalue weighted by atomic mass is 16.5. The number of benzene rings is 1. The number of carbonyl (C=O) groups excluding carboxylic acids is 2. The first-order chi connectivity index (χ1) is 25.4. The van der Waals surface area contributed by atoms with Gasteiger partial charge in [0.15, 0.2) is 0 Å². The highest BCUT2D eigenvalue weighted by Crippen LogP contribution is 2.53. The van der Waals surface area contributed by atoms with Gasteiger partial charge in [0.1, 0.15) is 0 Å². The van der Waals surface area contributed by atoms with Gasteiger partial charge < -0.3 is 28.4 Å². The van der Waals surface area contributed by atoms with Crippen molar-refractivity contribution in [2.45, 2.75) is 149 Å². The summed E-state index contributed by atoms with van der Waals surface area (Å²) in [6.07, 6.45) is 16.2. The van der Waals surface area contributed by atoms with Crippen LogP contribution in [0.25, 0.3) is 0 Å². The van der Waals surface area contributed by atoms with E-state index in [1.807, 2.05) is 26.4 Å². The number of aryl methyl sites for hydroxylation is 2. The van der Waals surface area contributed by atoms with Gasteiger partial charge in [0.05, 0.1) is 63.0 Å². The molecule has 4 aliphatic rings. The zero-order valence-electron chi connectivity index (χ0n) is 34.6. The molecular weight excluding hydrogens is 668 g/mol. The Balaban J connectivity index is 1.37. The van der Waals surface area contributed by atoms with Crippen LogP contribution in [-0.2, 0) is 41.3 Å². The fourth-order valence-electron chi connectivity index (χ4n) is 11.5. The van der Waals surface area contributed by atoms with Gasteiger partial charge in [-0.1, -0.05) is 40.0 Å². The van der Waals surface area contributed by atoms with E-state index in [0.717, 1.165) is 68.8 Å². The summed E-state index contributed by atoms with van der Waals surface area (Å²) in [4.78, 5) is 26.2. The van der Waals surface area contributed by atoms with E-state index in [9.17, 15) is 9.59 Å². The third-order valence-corrected chi connectivity index (χ3v) is 14.9. The van der Waals surface area contributed by atoms with Crippen molar-refractivity contribution in [1.29, 1.82) is 0 Å². The van der Waals surface area contributed by atoms with Gasteiger partial charge in [-0.05, 0) is 155 Å². The first-order valence-electron chi connectivity index (χ1n) is 21.1. The van der Waals surface area contributed by atoms with Crippen molar-refractivity contribution >= 4 is 11.9 Å². The van der Waals surface area contributed by atoms with Gasteiger partial charge in [0.25, 0.3) is 0 Å². The lowest BCUT2D eigenvalue weighted by atomic mass is 9.56. The van der Waals surface area contributed by atoms with Crippen LogP contribution in [0.5, 0.6) is 0 Å². The van der Waals surface area contributed by atoms with Gasteiger partial charge in [-0.2, -0.15) is 0 Å². The quantitative estimate of drug-likeness (QED) is 0.175. The standard InChI is InChI=1S/C45H72O8/c1-28-16-18-32-12-10-14-36(39(32)26-52-28)30(3)41(48-6)22-19-33-24-37(43(46)50-8)38(44(47)51-9)25-34(33)20-23-42(49-7)31(4)40-15-11-13-35-21-17-29(2)53-27-45(35,40)5/h24-25,28-32,35-36,39-42H,10-23,26-27H2,1-9H3/t28?,29?,30?,31?,32?,35?,36?,39?,40?,41?,42?,45-/m0/s1. The average molecular weight is 741 g/mol. The molecule has 2 aliphatic carbocycles. The molecule has 12 atom stereocenters. The van der Waals surface area contributed by atoms with Gasteiger partial charge in [-0.15, -0.1) is 0 Å². The zero-order valence-corrected chi connectivity index (χ0v) is 34.6.